The van der Waals surface area contributed by atoms with E-state index in [0.717, 1.165) is 19.3 Å². The number of rotatable bonds is 6. The molecule has 0 aromatic carbocycles. The van der Waals surface area contributed by atoms with Crippen molar-refractivity contribution in [3.05, 3.63) is 0 Å². The van der Waals surface area contributed by atoms with Crippen LogP contribution in [-0.2, 0) is 9.59 Å². The maximum Gasteiger partial charge on any atom is 0.326 e. The number of likely N-dealkylation sites (tertiary alicyclic amines) is 1. The van der Waals surface area contributed by atoms with Gasteiger partial charge in [-0.3, -0.25) is 9.69 Å². The van der Waals surface area contributed by atoms with Crippen LogP contribution in [0, 0.1) is 0 Å². The van der Waals surface area contributed by atoms with Crippen LogP contribution in [0.2, 0.25) is 0 Å². The number of nitrogens with zero attached hydrogens (tertiary/aromatic N) is 1. The van der Waals surface area contributed by atoms with Gasteiger partial charge in [-0.15, -0.1) is 0 Å². The molecular weight excluding hydrogens is 232 g/mol. The summed E-state index contributed by atoms with van der Waals surface area (Å²) in [6, 6.07) is 0.0520. The van der Waals surface area contributed by atoms with Crippen molar-refractivity contribution in [1.82, 2.24) is 10.2 Å². The van der Waals surface area contributed by atoms with Crippen molar-refractivity contribution in [3.8, 4) is 0 Å². The minimum Gasteiger partial charge on any atom is -0.480 e. The van der Waals surface area contributed by atoms with Gasteiger partial charge in [0.25, 0.3) is 0 Å². The van der Waals surface area contributed by atoms with Gasteiger partial charge >= 0.3 is 5.97 Å². The Hall–Kier alpha value is -1.10. The van der Waals surface area contributed by atoms with Gasteiger partial charge in [0, 0.05) is 12.1 Å². The molecule has 0 aromatic rings. The molecule has 1 heterocycles. The van der Waals surface area contributed by atoms with Crippen molar-refractivity contribution in [1.29, 1.82) is 0 Å². The van der Waals surface area contributed by atoms with E-state index < -0.39 is 12.0 Å². The van der Waals surface area contributed by atoms with Gasteiger partial charge in [-0.2, -0.15) is 0 Å². The molecule has 0 spiro atoms. The van der Waals surface area contributed by atoms with Crippen LogP contribution in [0.3, 0.4) is 0 Å². The third-order valence-corrected chi connectivity index (χ3v) is 3.67. The number of carbonyl (C=O) groups is 2. The Labute approximate surface area is 109 Å². The lowest BCUT2D eigenvalue weighted by molar-refractivity contribution is -0.142. The Bertz CT molecular complexity index is 297. The third kappa shape index (κ3) is 3.98. The van der Waals surface area contributed by atoms with Crippen LogP contribution in [0.25, 0.3) is 0 Å². The average Bonchev–Trinajstić information content (AvgIpc) is 2.60. The predicted octanol–water partition coefficient (Wildman–Crippen LogP) is 1.23. The first-order valence-electron chi connectivity index (χ1n) is 6.73. The van der Waals surface area contributed by atoms with Crippen molar-refractivity contribution in [2.75, 3.05) is 6.54 Å². The summed E-state index contributed by atoms with van der Waals surface area (Å²) in [6.45, 7) is 6.43. The standard InChI is InChI=1S/C13H24N2O3/c1-4-5-11(13(17)18)14-12(16)8-15-9(2)6-7-10(15)3/h9-11H,4-8H2,1-3H3,(H,14,16)(H,17,18). The maximum absolute atomic E-state index is 11.9. The Morgan fingerprint density at radius 1 is 1.33 bits per heavy atom. The molecule has 5 heteroatoms. The van der Waals surface area contributed by atoms with Gasteiger partial charge < -0.3 is 10.4 Å². The molecule has 3 unspecified atom stereocenters. The van der Waals surface area contributed by atoms with Gasteiger partial charge in [0.2, 0.25) is 5.91 Å². The van der Waals surface area contributed by atoms with E-state index in [4.69, 9.17) is 5.11 Å². The van der Waals surface area contributed by atoms with Crippen molar-refractivity contribution in [2.45, 2.75) is 64.6 Å². The molecule has 1 rings (SSSR count). The largest absolute Gasteiger partial charge is 0.480 e. The van der Waals surface area contributed by atoms with Crippen LogP contribution < -0.4 is 5.32 Å². The summed E-state index contributed by atoms with van der Waals surface area (Å²) in [6.07, 6.45) is 3.43. The minimum atomic E-state index is -0.951. The first-order valence-corrected chi connectivity index (χ1v) is 6.73. The van der Waals surface area contributed by atoms with E-state index >= 15 is 0 Å². The van der Waals surface area contributed by atoms with Gasteiger partial charge in [0.15, 0.2) is 0 Å². The summed E-state index contributed by atoms with van der Waals surface area (Å²) in [5.74, 6) is -1.14. The molecule has 0 radical (unpaired) electrons. The quantitative estimate of drug-likeness (QED) is 0.750. The second-order valence-electron chi connectivity index (χ2n) is 5.19. The molecule has 18 heavy (non-hydrogen) atoms. The summed E-state index contributed by atoms with van der Waals surface area (Å²) < 4.78 is 0. The number of hydrogen-bond acceptors (Lipinski definition) is 3. The lowest BCUT2D eigenvalue weighted by atomic mass is 10.1. The summed E-state index contributed by atoms with van der Waals surface area (Å²) in [7, 11) is 0. The molecule has 3 atom stereocenters. The number of aliphatic carboxylic acids is 1. The highest BCUT2D eigenvalue weighted by Crippen LogP contribution is 2.22. The number of carbonyl (C=O) groups excluding carboxylic acids is 1. The van der Waals surface area contributed by atoms with Crippen LogP contribution in [-0.4, -0.2) is 46.6 Å². The number of carboxylic acids is 1. The summed E-state index contributed by atoms with van der Waals surface area (Å²) >= 11 is 0. The number of hydrogen-bond donors (Lipinski definition) is 2. The van der Waals surface area contributed by atoms with Crippen LogP contribution in [0.4, 0.5) is 0 Å². The molecule has 1 fully saturated rings. The minimum absolute atomic E-state index is 0.184. The van der Waals surface area contributed by atoms with Crippen molar-refractivity contribution < 1.29 is 14.7 Å². The number of nitrogens with one attached hydrogen (secondary N) is 1. The predicted molar refractivity (Wildman–Crippen MR) is 69.3 cm³/mol. The van der Waals surface area contributed by atoms with E-state index in [1.54, 1.807) is 0 Å². The first-order chi connectivity index (χ1) is 8.45. The summed E-state index contributed by atoms with van der Waals surface area (Å²) in [5, 5.41) is 11.6. The van der Waals surface area contributed by atoms with Crippen molar-refractivity contribution in [3.63, 3.8) is 0 Å². The number of carboxylic acid groups (broad SMARTS) is 1. The fourth-order valence-corrected chi connectivity index (χ4v) is 2.51. The molecule has 1 amide bonds. The molecule has 1 aliphatic heterocycles. The molecule has 0 aromatic heterocycles. The van der Waals surface area contributed by atoms with E-state index in [-0.39, 0.29) is 5.91 Å². The SMILES string of the molecule is CCCC(NC(=O)CN1C(C)CCC1C)C(=O)O. The lowest BCUT2D eigenvalue weighted by Gasteiger charge is -2.25. The molecular formula is C13H24N2O3. The third-order valence-electron chi connectivity index (χ3n) is 3.67. The maximum atomic E-state index is 11.9. The highest BCUT2D eigenvalue weighted by Gasteiger charge is 2.29. The van der Waals surface area contributed by atoms with Crippen molar-refractivity contribution >= 4 is 11.9 Å². The van der Waals surface area contributed by atoms with E-state index in [0.29, 0.717) is 25.0 Å². The fraction of sp³-hybridized carbons (Fsp3) is 0.846. The van der Waals surface area contributed by atoms with E-state index in [2.05, 4.69) is 24.1 Å². The summed E-state index contributed by atoms with van der Waals surface area (Å²) in [5.41, 5.74) is 0. The van der Waals surface area contributed by atoms with Crippen LogP contribution in [0.15, 0.2) is 0 Å². The fourth-order valence-electron chi connectivity index (χ4n) is 2.51. The van der Waals surface area contributed by atoms with Gasteiger partial charge in [-0.25, -0.2) is 4.79 Å². The van der Waals surface area contributed by atoms with Gasteiger partial charge in [0.05, 0.1) is 6.54 Å². The Balaban J connectivity index is 2.47. The Kier molecular flexibility index (Phi) is 5.59. The van der Waals surface area contributed by atoms with E-state index in [1.165, 1.54) is 0 Å². The molecule has 1 aliphatic rings. The zero-order valence-electron chi connectivity index (χ0n) is 11.5. The molecule has 2 N–H and O–H groups in total. The monoisotopic (exact) mass is 256 g/mol. The molecule has 0 aliphatic carbocycles. The molecule has 0 bridgehead atoms. The molecule has 1 saturated heterocycles. The highest BCUT2D eigenvalue weighted by atomic mass is 16.4. The van der Waals surface area contributed by atoms with E-state index in [1.807, 2.05) is 6.92 Å². The topological polar surface area (TPSA) is 69.6 Å². The second kappa shape index (κ2) is 6.73. The lowest BCUT2D eigenvalue weighted by Crippen LogP contribution is -2.47. The van der Waals surface area contributed by atoms with Crippen molar-refractivity contribution in [2.24, 2.45) is 0 Å². The van der Waals surface area contributed by atoms with Crippen LogP contribution in [0.5, 0.6) is 0 Å². The highest BCUT2D eigenvalue weighted by molar-refractivity contribution is 5.84. The molecule has 0 saturated carbocycles. The number of amides is 1. The van der Waals surface area contributed by atoms with Crippen LogP contribution >= 0.6 is 0 Å². The van der Waals surface area contributed by atoms with Gasteiger partial charge in [-0.05, 0) is 33.1 Å². The first kappa shape index (κ1) is 15.0. The molecule has 5 nitrogen and oxygen atoms in total. The zero-order chi connectivity index (χ0) is 13.7. The van der Waals surface area contributed by atoms with E-state index in [9.17, 15) is 9.59 Å². The Morgan fingerprint density at radius 2 is 1.89 bits per heavy atom. The van der Waals surface area contributed by atoms with Gasteiger partial charge in [0.1, 0.15) is 6.04 Å². The van der Waals surface area contributed by atoms with Gasteiger partial charge in [-0.1, -0.05) is 13.3 Å². The Morgan fingerprint density at radius 3 is 2.33 bits per heavy atom. The smallest absolute Gasteiger partial charge is 0.326 e. The summed E-state index contributed by atoms with van der Waals surface area (Å²) in [4.78, 5) is 25.0. The zero-order valence-corrected chi connectivity index (χ0v) is 11.5. The van der Waals surface area contributed by atoms with Crippen LogP contribution in [0.1, 0.15) is 46.5 Å². The second-order valence-corrected chi connectivity index (χ2v) is 5.19. The molecule has 104 valence electrons. The average molecular weight is 256 g/mol. The normalized spacial score (nSPS) is 25.9.